The van der Waals surface area contributed by atoms with Crippen molar-refractivity contribution in [2.45, 2.75) is 39.5 Å². The number of non-ortho nitro benzene ring substituents is 1. The topological polar surface area (TPSA) is 105 Å². The van der Waals surface area contributed by atoms with Gasteiger partial charge in [0.2, 0.25) is 5.76 Å². The molecule has 0 aliphatic heterocycles. The van der Waals surface area contributed by atoms with Crippen LogP contribution in [0, 0.1) is 10.1 Å². The summed E-state index contributed by atoms with van der Waals surface area (Å²) in [6.07, 6.45) is 4.01. The highest BCUT2D eigenvalue weighted by Gasteiger charge is 2.17. The lowest BCUT2D eigenvalue weighted by Crippen LogP contribution is -2.16. The maximum Gasteiger partial charge on any atom is 0.374 e. The predicted octanol–water partition coefficient (Wildman–Crippen LogP) is 3.54. The Bertz CT molecular complexity index is 637. The highest BCUT2D eigenvalue weighted by atomic mass is 16.6. The third-order valence-electron chi connectivity index (χ3n) is 3.20. The first-order valence-corrected chi connectivity index (χ1v) is 8.45. The highest BCUT2D eigenvalue weighted by Crippen LogP contribution is 2.20. The van der Waals surface area contributed by atoms with Gasteiger partial charge < -0.3 is 14.2 Å². The lowest BCUT2D eigenvalue weighted by molar-refractivity contribution is -0.384. The molecule has 0 radical (unpaired) electrons. The first-order chi connectivity index (χ1) is 12.5. The second kappa shape index (κ2) is 11.6. The number of nitrogens with zero attached hydrogens (tertiary/aromatic N) is 1. The summed E-state index contributed by atoms with van der Waals surface area (Å²) in [4.78, 5) is 34.1. The maximum absolute atomic E-state index is 12.1. The van der Waals surface area contributed by atoms with Gasteiger partial charge in [0.25, 0.3) is 5.69 Å². The quantitative estimate of drug-likeness (QED) is 0.147. The van der Waals surface area contributed by atoms with Gasteiger partial charge >= 0.3 is 11.9 Å². The van der Waals surface area contributed by atoms with Gasteiger partial charge in [0, 0.05) is 12.1 Å². The minimum absolute atomic E-state index is 0.118. The van der Waals surface area contributed by atoms with Crippen LogP contribution in [0.1, 0.15) is 39.5 Å². The zero-order chi connectivity index (χ0) is 19.4. The molecule has 0 aromatic heterocycles. The minimum atomic E-state index is -0.802. The molecule has 0 atom stereocenters. The van der Waals surface area contributed by atoms with Crippen molar-refractivity contribution in [1.82, 2.24) is 0 Å². The third-order valence-corrected chi connectivity index (χ3v) is 3.20. The van der Waals surface area contributed by atoms with Crippen LogP contribution in [0.5, 0.6) is 5.75 Å². The number of benzene rings is 1. The summed E-state index contributed by atoms with van der Waals surface area (Å²) < 4.78 is 15.4. The largest absolute Gasteiger partial charge is 0.462 e. The van der Waals surface area contributed by atoms with Gasteiger partial charge in [-0.3, -0.25) is 10.1 Å². The van der Waals surface area contributed by atoms with E-state index in [4.69, 9.17) is 14.2 Å². The van der Waals surface area contributed by atoms with Gasteiger partial charge in [-0.25, -0.2) is 9.59 Å². The number of nitro benzene ring substituents is 1. The number of esters is 2. The number of rotatable bonds is 11. The van der Waals surface area contributed by atoms with E-state index in [9.17, 15) is 19.7 Å². The first-order valence-electron chi connectivity index (χ1n) is 8.45. The molecule has 0 fully saturated rings. The fraction of sp³-hybridized carbons (Fsp3) is 0.444. The van der Waals surface area contributed by atoms with Crippen LogP contribution in [-0.2, 0) is 19.1 Å². The van der Waals surface area contributed by atoms with E-state index in [2.05, 4.69) is 0 Å². The van der Waals surface area contributed by atoms with Crippen LogP contribution in [0.3, 0.4) is 0 Å². The van der Waals surface area contributed by atoms with Gasteiger partial charge in [0.05, 0.1) is 24.2 Å². The normalized spacial score (nSPS) is 10.9. The number of nitro groups is 1. The molecule has 0 aliphatic rings. The molecule has 0 unspecified atom stereocenters. The minimum Gasteiger partial charge on any atom is -0.462 e. The monoisotopic (exact) mass is 365 g/mol. The van der Waals surface area contributed by atoms with Crippen molar-refractivity contribution in [3.63, 3.8) is 0 Å². The number of hydrogen-bond acceptors (Lipinski definition) is 7. The van der Waals surface area contributed by atoms with Crippen LogP contribution in [0.15, 0.2) is 36.1 Å². The van der Waals surface area contributed by atoms with Gasteiger partial charge in [-0.15, -0.1) is 0 Å². The van der Waals surface area contributed by atoms with Crippen LogP contribution >= 0.6 is 0 Å². The molecule has 1 aromatic rings. The Morgan fingerprint density at radius 2 is 1.62 bits per heavy atom. The Morgan fingerprint density at radius 1 is 1.04 bits per heavy atom. The second-order valence-electron chi connectivity index (χ2n) is 5.37. The molecule has 26 heavy (non-hydrogen) atoms. The van der Waals surface area contributed by atoms with E-state index < -0.39 is 16.9 Å². The summed E-state index contributed by atoms with van der Waals surface area (Å²) in [5, 5.41) is 10.7. The maximum atomic E-state index is 12.1. The SMILES string of the molecule is CCCCOC(=O)C=C(Oc1ccc([N+](=O)[O-])cc1)C(=O)OCCCC. The molecule has 8 nitrogen and oxygen atoms in total. The van der Waals surface area contributed by atoms with Crippen molar-refractivity contribution >= 4 is 17.6 Å². The summed E-state index contributed by atoms with van der Waals surface area (Å²) in [6, 6.07) is 5.12. The van der Waals surface area contributed by atoms with Crippen molar-refractivity contribution in [2.75, 3.05) is 13.2 Å². The molecule has 0 saturated carbocycles. The van der Waals surface area contributed by atoms with E-state index in [-0.39, 0.29) is 30.4 Å². The van der Waals surface area contributed by atoms with Gasteiger partial charge in [-0.05, 0) is 25.0 Å². The fourth-order valence-corrected chi connectivity index (χ4v) is 1.74. The van der Waals surface area contributed by atoms with Gasteiger partial charge in [-0.1, -0.05) is 26.7 Å². The lowest BCUT2D eigenvalue weighted by atomic mass is 10.3. The second-order valence-corrected chi connectivity index (χ2v) is 5.37. The van der Waals surface area contributed by atoms with Crippen molar-refractivity contribution in [3.8, 4) is 5.75 Å². The van der Waals surface area contributed by atoms with E-state index in [1.807, 2.05) is 13.8 Å². The lowest BCUT2D eigenvalue weighted by Gasteiger charge is -2.10. The molecule has 1 rings (SSSR count). The molecule has 142 valence electrons. The molecule has 0 aliphatic carbocycles. The summed E-state index contributed by atoms with van der Waals surface area (Å²) in [5.74, 6) is -1.70. The van der Waals surface area contributed by atoms with E-state index in [0.29, 0.717) is 12.8 Å². The van der Waals surface area contributed by atoms with Gasteiger partial charge in [-0.2, -0.15) is 0 Å². The molecule has 1 aromatic carbocycles. The zero-order valence-corrected chi connectivity index (χ0v) is 14.9. The number of carbonyl (C=O) groups excluding carboxylic acids is 2. The molecule has 0 spiro atoms. The number of carbonyl (C=O) groups is 2. The molecular weight excluding hydrogens is 342 g/mol. The Balaban J connectivity index is 2.86. The standard InChI is InChI=1S/C18H23NO7/c1-3-5-11-24-17(20)13-16(18(21)25-12-6-4-2)26-15-9-7-14(8-10-15)19(22)23/h7-10,13H,3-6,11-12H2,1-2H3. The third kappa shape index (κ3) is 7.78. The van der Waals surface area contributed by atoms with Crippen LogP contribution in [0.2, 0.25) is 0 Å². The number of ether oxygens (including phenoxy) is 3. The van der Waals surface area contributed by atoms with Crippen molar-refractivity contribution in [2.24, 2.45) is 0 Å². The van der Waals surface area contributed by atoms with E-state index >= 15 is 0 Å². The fourth-order valence-electron chi connectivity index (χ4n) is 1.74. The molecule has 0 bridgehead atoms. The smallest absolute Gasteiger partial charge is 0.374 e. The van der Waals surface area contributed by atoms with Crippen molar-refractivity contribution in [3.05, 3.63) is 46.2 Å². The molecule has 0 amide bonds. The van der Waals surface area contributed by atoms with Gasteiger partial charge in [0.1, 0.15) is 5.75 Å². The van der Waals surface area contributed by atoms with Gasteiger partial charge in [0.15, 0.2) is 0 Å². The highest BCUT2D eigenvalue weighted by molar-refractivity contribution is 5.95. The molecule has 0 heterocycles. The Labute approximate surface area is 151 Å². The van der Waals surface area contributed by atoms with E-state index in [1.165, 1.54) is 24.3 Å². The van der Waals surface area contributed by atoms with Crippen LogP contribution in [0.25, 0.3) is 0 Å². The van der Waals surface area contributed by atoms with E-state index in [0.717, 1.165) is 18.9 Å². The average Bonchev–Trinajstić information content (AvgIpc) is 2.62. The molecule has 0 saturated heterocycles. The molecule has 0 N–H and O–H groups in total. The Kier molecular flexibility index (Phi) is 9.45. The Hall–Kier alpha value is -2.90. The summed E-state index contributed by atoms with van der Waals surface area (Å²) in [6.45, 7) is 4.34. The zero-order valence-electron chi connectivity index (χ0n) is 14.9. The van der Waals surface area contributed by atoms with Crippen molar-refractivity contribution < 1.29 is 28.7 Å². The summed E-state index contributed by atoms with van der Waals surface area (Å²) in [5.41, 5.74) is -0.118. The van der Waals surface area contributed by atoms with E-state index in [1.54, 1.807) is 0 Å². The molecule has 8 heteroatoms. The summed E-state index contributed by atoms with van der Waals surface area (Å²) in [7, 11) is 0. The Morgan fingerprint density at radius 3 is 2.15 bits per heavy atom. The number of hydrogen-bond donors (Lipinski definition) is 0. The van der Waals surface area contributed by atoms with Crippen molar-refractivity contribution in [1.29, 1.82) is 0 Å². The number of unbranched alkanes of at least 4 members (excludes halogenated alkanes) is 2. The predicted molar refractivity (Wildman–Crippen MR) is 93.5 cm³/mol. The van der Waals surface area contributed by atoms with Crippen LogP contribution < -0.4 is 4.74 Å². The molecular formula is C18H23NO7. The average molecular weight is 365 g/mol. The first kappa shape index (κ1) is 21.1. The van der Waals surface area contributed by atoms with Crippen LogP contribution in [-0.4, -0.2) is 30.1 Å². The summed E-state index contributed by atoms with van der Waals surface area (Å²) >= 11 is 0. The van der Waals surface area contributed by atoms with Crippen LogP contribution in [0.4, 0.5) is 5.69 Å².